The molecule has 0 saturated carbocycles. The molecule has 0 N–H and O–H groups in total. The second-order valence-electron chi connectivity index (χ2n) is 9.14. The Morgan fingerprint density at radius 1 is 0.432 bits per heavy atom. The fourth-order valence-electron chi connectivity index (χ4n) is 5.25. The van der Waals surface area contributed by atoms with Crippen LogP contribution in [0.1, 0.15) is 0 Å². The maximum Gasteiger partial charge on any atom is 0.181 e. The number of hydrogen-bond donors (Lipinski definition) is 0. The van der Waals surface area contributed by atoms with E-state index in [2.05, 4.69) is 108 Å². The van der Waals surface area contributed by atoms with Gasteiger partial charge in [-0.3, -0.25) is 0 Å². The smallest absolute Gasteiger partial charge is 0.181 e. The molecule has 0 aliphatic carbocycles. The topological polar surface area (TPSA) is 30.7 Å². The summed E-state index contributed by atoms with van der Waals surface area (Å²) >= 11 is 0. The third kappa shape index (κ3) is 3.69. The third-order valence-electron chi connectivity index (χ3n) is 6.92. The first-order valence-electron chi connectivity index (χ1n) is 12.4. The van der Waals surface area contributed by atoms with Gasteiger partial charge in [-0.05, 0) is 55.9 Å². The van der Waals surface area contributed by atoms with Crippen molar-refractivity contribution in [1.82, 2.24) is 14.8 Å². The summed E-state index contributed by atoms with van der Waals surface area (Å²) in [6, 6.07) is 46.8. The summed E-state index contributed by atoms with van der Waals surface area (Å²) < 4.78 is 1.87. The fraction of sp³-hybridized carbons (Fsp3) is 0. The molecule has 174 valence electrons. The van der Waals surface area contributed by atoms with Crippen molar-refractivity contribution in [3.05, 3.63) is 140 Å². The van der Waals surface area contributed by atoms with E-state index in [0.29, 0.717) is 5.82 Å². The average molecular weight is 474 g/mol. The van der Waals surface area contributed by atoms with Crippen molar-refractivity contribution in [2.45, 2.75) is 0 Å². The van der Waals surface area contributed by atoms with Crippen LogP contribution in [0, 0.1) is 0 Å². The first kappa shape index (κ1) is 21.3. The van der Waals surface area contributed by atoms with E-state index < -0.39 is 0 Å². The molecule has 7 aromatic rings. The maximum atomic E-state index is 4.81. The Hall–Kier alpha value is -5.02. The van der Waals surface area contributed by atoms with Gasteiger partial charge in [0.05, 0.1) is 5.69 Å². The van der Waals surface area contributed by atoms with E-state index in [1.807, 2.05) is 35.0 Å². The van der Waals surface area contributed by atoms with Crippen molar-refractivity contribution >= 4 is 21.5 Å². The van der Waals surface area contributed by atoms with E-state index in [1.165, 1.54) is 43.8 Å². The molecule has 0 fully saturated rings. The molecule has 0 saturated heterocycles. The summed E-state index contributed by atoms with van der Waals surface area (Å²) in [6.07, 6.45) is 1.80. The lowest BCUT2D eigenvalue weighted by Crippen LogP contribution is -1.97. The summed E-state index contributed by atoms with van der Waals surface area (Å²) in [5.41, 5.74) is 6.88. The van der Waals surface area contributed by atoms with Gasteiger partial charge < -0.3 is 0 Å². The molecule has 0 bridgehead atoms. The average Bonchev–Trinajstić information content (AvgIpc) is 3.47. The third-order valence-corrected chi connectivity index (χ3v) is 6.92. The van der Waals surface area contributed by atoms with Crippen molar-refractivity contribution in [3.8, 4) is 39.3 Å². The highest BCUT2D eigenvalue weighted by Crippen LogP contribution is 2.44. The fourth-order valence-corrected chi connectivity index (χ4v) is 5.25. The van der Waals surface area contributed by atoms with E-state index in [-0.39, 0.29) is 0 Å². The van der Waals surface area contributed by atoms with Crippen molar-refractivity contribution < 1.29 is 0 Å². The summed E-state index contributed by atoms with van der Waals surface area (Å²) in [5, 5.41) is 9.71. The molecule has 3 heteroatoms. The van der Waals surface area contributed by atoms with E-state index in [1.54, 1.807) is 6.33 Å². The molecule has 6 aromatic carbocycles. The van der Waals surface area contributed by atoms with E-state index in [4.69, 9.17) is 5.10 Å². The van der Waals surface area contributed by atoms with Gasteiger partial charge in [-0.25, -0.2) is 9.67 Å². The normalized spacial score (nSPS) is 11.2. The molecule has 0 spiro atoms. The van der Waals surface area contributed by atoms with Gasteiger partial charge >= 0.3 is 0 Å². The lowest BCUT2D eigenvalue weighted by atomic mass is 9.86. The number of benzene rings is 6. The van der Waals surface area contributed by atoms with E-state index in [0.717, 1.165) is 11.3 Å². The van der Waals surface area contributed by atoms with Crippen LogP contribution >= 0.6 is 0 Å². The second kappa shape index (κ2) is 8.89. The van der Waals surface area contributed by atoms with Crippen LogP contribution in [0.25, 0.3) is 60.9 Å². The molecule has 0 atom stereocenters. The Labute approximate surface area is 215 Å². The first-order valence-corrected chi connectivity index (χ1v) is 12.4. The van der Waals surface area contributed by atoms with Gasteiger partial charge in [0.15, 0.2) is 5.82 Å². The van der Waals surface area contributed by atoms with E-state index in [9.17, 15) is 0 Å². The zero-order valence-electron chi connectivity index (χ0n) is 20.1. The van der Waals surface area contributed by atoms with Crippen molar-refractivity contribution in [3.63, 3.8) is 0 Å². The van der Waals surface area contributed by atoms with Crippen LogP contribution in [0.5, 0.6) is 0 Å². The monoisotopic (exact) mass is 473 g/mol. The minimum Gasteiger partial charge on any atom is -0.220 e. The second-order valence-corrected chi connectivity index (χ2v) is 9.14. The quantitative estimate of drug-likeness (QED) is 0.240. The van der Waals surface area contributed by atoms with Gasteiger partial charge in [0.1, 0.15) is 6.33 Å². The zero-order valence-corrected chi connectivity index (χ0v) is 20.1. The largest absolute Gasteiger partial charge is 0.220 e. The molecule has 7 rings (SSSR count). The molecule has 1 aromatic heterocycles. The van der Waals surface area contributed by atoms with Gasteiger partial charge in [-0.15, -0.1) is 5.10 Å². The number of rotatable bonds is 4. The molecule has 0 amide bonds. The van der Waals surface area contributed by atoms with Crippen LogP contribution in [-0.4, -0.2) is 14.8 Å². The van der Waals surface area contributed by atoms with Gasteiger partial charge in [-0.1, -0.05) is 121 Å². The predicted octanol–water partition coefficient (Wildman–Crippen LogP) is 8.57. The molecule has 0 aliphatic heterocycles. The Morgan fingerprint density at radius 3 is 1.51 bits per heavy atom. The first-order chi connectivity index (χ1) is 18.4. The SMILES string of the molecule is c1ccc(-c2ncn(-c3ccc4c(-c5ccccc5)c5ccccc5c(-c5ccccc5)c4c3)n2)cc1. The molecular formula is C34H23N3. The van der Waals surface area contributed by atoms with Crippen LogP contribution in [0.4, 0.5) is 0 Å². The van der Waals surface area contributed by atoms with Crippen molar-refractivity contribution in [2.24, 2.45) is 0 Å². The number of hydrogen-bond acceptors (Lipinski definition) is 2. The molecule has 0 radical (unpaired) electrons. The summed E-state index contributed by atoms with van der Waals surface area (Å²) in [7, 11) is 0. The van der Waals surface area contributed by atoms with Gasteiger partial charge in [-0.2, -0.15) is 0 Å². The highest BCUT2D eigenvalue weighted by Gasteiger charge is 2.17. The van der Waals surface area contributed by atoms with Crippen LogP contribution in [0.2, 0.25) is 0 Å². The lowest BCUT2D eigenvalue weighted by Gasteiger charge is -2.18. The van der Waals surface area contributed by atoms with Gasteiger partial charge in [0.25, 0.3) is 0 Å². The van der Waals surface area contributed by atoms with Crippen molar-refractivity contribution in [1.29, 1.82) is 0 Å². The maximum absolute atomic E-state index is 4.81. The van der Waals surface area contributed by atoms with Gasteiger partial charge in [0, 0.05) is 5.56 Å². The Bertz CT molecular complexity index is 1850. The molecule has 1 heterocycles. The molecule has 37 heavy (non-hydrogen) atoms. The summed E-state index contributed by atoms with van der Waals surface area (Å²) in [4.78, 5) is 4.59. The van der Waals surface area contributed by atoms with Crippen LogP contribution in [0.15, 0.2) is 140 Å². The highest BCUT2D eigenvalue weighted by molar-refractivity contribution is 6.21. The summed E-state index contributed by atoms with van der Waals surface area (Å²) in [6.45, 7) is 0. The Morgan fingerprint density at radius 2 is 0.919 bits per heavy atom. The van der Waals surface area contributed by atoms with E-state index >= 15 is 0 Å². The molecule has 0 unspecified atom stereocenters. The number of aromatic nitrogens is 3. The molecule has 0 aliphatic rings. The minimum atomic E-state index is 0.715. The standard InChI is InChI=1S/C34H23N3/c1-4-12-24(13-5-1)32-28-18-10-11-19-29(28)33(25-14-6-2-7-15-25)31-22-27(20-21-30(31)32)37-23-35-34(36-37)26-16-8-3-9-17-26/h1-23H. The predicted molar refractivity (Wildman–Crippen MR) is 153 cm³/mol. The van der Waals surface area contributed by atoms with Crippen molar-refractivity contribution in [2.75, 3.05) is 0 Å². The van der Waals surface area contributed by atoms with Crippen LogP contribution in [0.3, 0.4) is 0 Å². The Balaban J connectivity index is 1.54. The highest BCUT2D eigenvalue weighted by atomic mass is 15.3. The van der Waals surface area contributed by atoms with Crippen LogP contribution < -0.4 is 0 Å². The zero-order chi connectivity index (χ0) is 24.6. The minimum absolute atomic E-state index is 0.715. The lowest BCUT2D eigenvalue weighted by molar-refractivity contribution is 0.884. The molecule has 3 nitrogen and oxygen atoms in total. The summed E-state index contributed by atoms with van der Waals surface area (Å²) in [5.74, 6) is 0.715. The number of fused-ring (bicyclic) bond motifs is 2. The molecular weight excluding hydrogens is 450 g/mol. The van der Waals surface area contributed by atoms with Crippen LogP contribution in [-0.2, 0) is 0 Å². The number of nitrogens with zero attached hydrogens (tertiary/aromatic N) is 3. The van der Waals surface area contributed by atoms with Gasteiger partial charge in [0.2, 0.25) is 0 Å². The Kier molecular flexibility index (Phi) is 5.11.